The molecule has 8 heteroatoms. The number of nitrogens with zero attached hydrogens (tertiary/aromatic N) is 2. The van der Waals surface area contributed by atoms with Gasteiger partial charge in [0.1, 0.15) is 0 Å². The monoisotopic (exact) mass is 522 g/mol. The summed E-state index contributed by atoms with van der Waals surface area (Å²) in [6.07, 6.45) is -0.309. The molecule has 3 aromatic carbocycles. The molecule has 1 unspecified atom stereocenters. The van der Waals surface area contributed by atoms with Crippen LogP contribution < -0.4 is 10.6 Å². The van der Waals surface area contributed by atoms with Crippen LogP contribution >= 0.6 is 0 Å². The van der Waals surface area contributed by atoms with Crippen LogP contribution in [-0.4, -0.2) is 40.3 Å². The van der Waals surface area contributed by atoms with Crippen molar-refractivity contribution >= 4 is 40.1 Å². The molecule has 39 heavy (non-hydrogen) atoms. The summed E-state index contributed by atoms with van der Waals surface area (Å²) in [6.45, 7) is 5.14. The lowest BCUT2D eigenvalue weighted by Gasteiger charge is -2.30. The van der Waals surface area contributed by atoms with E-state index in [-0.39, 0.29) is 5.91 Å². The molecule has 8 nitrogen and oxygen atoms in total. The number of ether oxygens (including phenoxy) is 1. The minimum Gasteiger partial charge on any atom is -0.449 e. The molecule has 0 saturated heterocycles. The Morgan fingerprint density at radius 3 is 2.31 bits per heavy atom. The molecular formula is C31H30N4O4. The Kier molecular flexibility index (Phi) is 7.65. The molecule has 0 fully saturated rings. The number of carbonyl (C=O) groups excluding carboxylic acids is 3. The zero-order valence-electron chi connectivity index (χ0n) is 21.9. The molecule has 1 atom stereocenters. The summed E-state index contributed by atoms with van der Waals surface area (Å²) in [6, 6.07) is 24.5. The highest BCUT2D eigenvalue weighted by atomic mass is 16.5. The second-order valence-corrected chi connectivity index (χ2v) is 9.67. The van der Waals surface area contributed by atoms with E-state index in [2.05, 4.69) is 27.7 Å². The number of nitrogens with one attached hydrogen (secondary N) is 2. The van der Waals surface area contributed by atoms with Gasteiger partial charge < -0.3 is 15.4 Å². The summed E-state index contributed by atoms with van der Waals surface area (Å²) >= 11 is 0. The summed E-state index contributed by atoms with van der Waals surface area (Å²) in [5, 5.41) is 6.15. The van der Waals surface area contributed by atoms with Gasteiger partial charge in [0.15, 0.2) is 6.10 Å². The van der Waals surface area contributed by atoms with Crippen LogP contribution in [0.5, 0.6) is 0 Å². The second-order valence-electron chi connectivity index (χ2n) is 9.67. The SMILES string of the molecule is CC(=O)Nc1ccc(NC(=O)C(C)OC(=O)c2c3c(nc4ccccc24)CCN(Cc2ccccc2)C3)cc1. The number of esters is 1. The number of hydrogen-bond donors (Lipinski definition) is 2. The molecule has 2 N–H and O–H groups in total. The first-order valence-corrected chi connectivity index (χ1v) is 12.9. The van der Waals surface area contributed by atoms with Crippen molar-refractivity contribution in [1.82, 2.24) is 9.88 Å². The summed E-state index contributed by atoms with van der Waals surface area (Å²) in [5.41, 5.74) is 5.29. The zero-order chi connectivity index (χ0) is 27.4. The average molecular weight is 523 g/mol. The quantitative estimate of drug-likeness (QED) is 0.334. The fourth-order valence-electron chi connectivity index (χ4n) is 4.81. The van der Waals surface area contributed by atoms with Crippen molar-refractivity contribution in [3.8, 4) is 0 Å². The first-order chi connectivity index (χ1) is 18.9. The van der Waals surface area contributed by atoms with E-state index in [1.54, 1.807) is 31.2 Å². The number of carbonyl (C=O) groups is 3. The smallest absolute Gasteiger partial charge is 0.339 e. The molecule has 1 aliphatic heterocycles. The third kappa shape index (κ3) is 6.13. The highest BCUT2D eigenvalue weighted by Crippen LogP contribution is 2.30. The first kappa shape index (κ1) is 26.1. The van der Waals surface area contributed by atoms with Crippen molar-refractivity contribution in [1.29, 1.82) is 0 Å². The molecule has 5 rings (SSSR count). The van der Waals surface area contributed by atoms with E-state index in [0.717, 1.165) is 36.3 Å². The van der Waals surface area contributed by atoms with Crippen LogP contribution in [0.1, 0.15) is 41.0 Å². The number of aromatic nitrogens is 1. The first-order valence-electron chi connectivity index (χ1n) is 12.9. The third-order valence-electron chi connectivity index (χ3n) is 6.70. The Morgan fingerprint density at radius 1 is 0.923 bits per heavy atom. The highest BCUT2D eigenvalue weighted by Gasteiger charge is 2.28. The van der Waals surface area contributed by atoms with E-state index < -0.39 is 18.0 Å². The van der Waals surface area contributed by atoms with Crippen molar-refractivity contribution in [2.75, 3.05) is 17.2 Å². The lowest BCUT2D eigenvalue weighted by molar-refractivity contribution is -0.123. The summed E-state index contributed by atoms with van der Waals surface area (Å²) in [7, 11) is 0. The van der Waals surface area contributed by atoms with E-state index in [4.69, 9.17) is 9.72 Å². The van der Waals surface area contributed by atoms with Crippen molar-refractivity contribution in [2.45, 2.75) is 39.5 Å². The molecule has 0 bridgehead atoms. The maximum atomic E-state index is 13.6. The average Bonchev–Trinajstić information content (AvgIpc) is 2.93. The Bertz CT molecular complexity index is 1520. The van der Waals surface area contributed by atoms with Crippen LogP contribution in [0.3, 0.4) is 0 Å². The van der Waals surface area contributed by atoms with E-state index in [1.807, 2.05) is 42.5 Å². The predicted molar refractivity (Wildman–Crippen MR) is 150 cm³/mol. The van der Waals surface area contributed by atoms with Crippen LogP contribution in [0.2, 0.25) is 0 Å². The highest BCUT2D eigenvalue weighted by molar-refractivity contribution is 6.06. The number of hydrogen-bond acceptors (Lipinski definition) is 6. The van der Waals surface area contributed by atoms with Gasteiger partial charge in [-0.05, 0) is 42.8 Å². The van der Waals surface area contributed by atoms with Crippen LogP contribution in [0.25, 0.3) is 10.9 Å². The predicted octanol–water partition coefficient (Wildman–Crippen LogP) is 4.94. The number of anilines is 2. The molecule has 2 heterocycles. The van der Waals surface area contributed by atoms with Crippen molar-refractivity contribution in [3.63, 3.8) is 0 Å². The minimum absolute atomic E-state index is 0.179. The molecule has 0 spiro atoms. The van der Waals surface area contributed by atoms with Gasteiger partial charge in [0, 0.05) is 61.0 Å². The summed E-state index contributed by atoms with van der Waals surface area (Å²) < 4.78 is 5.72. The summed E-state index contributed by atoms with van der Waals surface area (Å²) in [4.78, 5) is 44.9. The van der Waals surface area contributed by atoms with Crippen molar-refractivity contribution in [3.05, 3.63) is 101 Å². The van der Waals surface area contributed by atoms with E-state index in [0.29, 0.717) is 28.9 Å². The molecule has 0 radical (unpaired) electrons. The molecule has 0 saturated carbocycles. The number of para-hydroxylation sites is 1. The van der Waals surface area contributed by atoms with Crippen molar-refractivity contribution < 1.29 is 19.1 Å². The number of rotatable bonds is 7. The van der Waals surface area contributed by atoms with Gasteiger partial charge in [-0.15, -0.1) is 0 Å². The zero-order valence-corrected chi connectivity index (χ0v) is 21.9. The Morgan fingerprint density at radius 2 is 1.59 bits per heavy atom. The van der Waals surface area contributed by atoms with Gasteiger partial charge in [-0.2, -0.15) is 0 Å². The van der Waals surface area contributed by atoms with Crippen LogP contribution in [0, 0.1) is 0 Å². The largest absolute Gasteiger partial charge is 0.449 e. The maximum Gasteiger partial charge on any atom is 0.339 e. The number of fused-ring (bicyclic) bond motifs is 2. The van der Waals surface area contributed by atoms with Gasteiger partial charge in [-0.3, -0.25) is 19.5 Å². The topological polar surface area (TPSA) is 101 Å². The molecule has 2 amide bonds. The molecule has 4 aromatic rings. The number of pyridine rings is 1. The van der Waals surface area contributed by atoms with Crippen LogP contribution in [0.4, 0.5) is 11.4 Å². The molecular weight excluding hydrogens is 492 g/mol. The van der Waals surface area contributed by atoms with Gasteiger partial charge in [0.05, 0.1) is 11.1 Å². The standard InChI is InChI=1S/C31H30N4O4/c1-20(30(37)33-24-14-12-23(13-15-24)32-21(2)36)39-31(38)29-25-10-6-7-11-27(25)34-28-16-17-35(19-26(28)29)18-22-8-4-3-5-9-22/h3-15,20H,16-19H2,1-2H3,(H,32,36)(H,33,37). The normalized spacial score (nSPS) is 13.8. The molecule has 198 valence electrons. The summed E-state index contributed by atoms with van der Waals surface area (Å²) in [5.74, 6) is -1.18. The van der Waals surface area contributed by atoms with E-state index in [1.165, 1.54) is 12.5 Å². The number of amides is 2. The maximum absolute atomic E-state index is 13.6. The van der Waals surface area contributed by atoms with Gasteiger partial charge >= 0.3 is 5.97 Å². The fraction of sp³-hybridized carbons (Fsp3) is 0.226. The van der Waals surface area contributed by atoms with Gasteiger partial charge in [0.2, 0.25) is 5.91 Å². The van der Waals surface area contributed by atoms with Crippen LogP contribution in [-0.2, 0) is 33.8 Å². The Hall–Kier alpha value is -4.56. The second kappa shape index (κ2) is 11.4. The molecule has 0 aliphatic carbocycles. The number of benzene rings is 3. The minimum atomic E-state index is -1.03. The third-order valence-corrected chi connectivity index (χ3v) is 6.70. The lowest BCUT2D eigenvalue weighted by atomic mass is 9.95. The van der Waals surface area contributed by atoms with E-state index in [9.17, 15) is 14.4 Å². The van der Waals surface area contributed by atoms with Gasteiger partial charge in [-0.1, -0.05) is 48.5 Å². The molecule has 1 aromatic heterocycles. The fourth-order valence-corrected chi connectivity index (χ4v) is 4.81. The van der Waals surface area contributed by atoms with Gasteiger partial charge in [0.25, 0.3) is 5.91 Å². The Balaban J connectivity index is 1.35. The van der Waals surface area contributed by atoms with Crippen LogP contribution in [0.15, 0.2) is 78.9 Å². The molecule has 1 aliphatic rings. The van der Waals surface area contributed by atoms with Crippen molar-refractivity contribution in [2.24, 2.45) is 0 Å². The van der Waals surface area contributed by atoms with Gasteiger partial charge in [-0.25, -0.2) is 4.79 Å². The van der Waals surface area contributed by atoms with E-state index >= 15 is 0 Å². The lowest BCUT2D eigenvalue weighted by Crippen LogP contribution is -2.34. The Labute approximate surface area is 227 Å².